The van der Waals surface area contributed by atoms with E-state index in [4.69, 9.17) is 26.8 Å². The molecule has 0 atom stereocenters. The number of aromatic nitrogens is 1. The predicted octanol–water partition coefficient (Wildman–Crippen LogP) is 3.90. The Morgan fingerprint density at radius 3 is 2.84 bits per heavy atom. The normalized spacial score (nSPS) is 13.3. The lowest BCUT2D eigenvalue weighted by Gasteiger charge is -2.03. The van der Waals surface area contributed by atoms with Gasteiger partial charge < -0.3 is 15.2 Å². The zero-order valence-corrected chi connectivity index (χ0v) is 12.1. The lowest BCUT2D eigenvalue weighted by Crippen LogP contribution is -1.93. The summed E-state index contributed by atoms with van der Waals surface area (Å²) >= 11 is 7.68. The number of anilines is 1. The molecule has 6 heteroatoms. The van der Waals surface area contributed by atoms with E-state index in [2.05, 4.69) is 18.8 Å². The van der Waals surface area contributed by atoms with E-state index < -0.39 is 0 Å². The fourth-order valence-corrected chi connectivity index (χ4v) is 3.03. The number of rotatable bonds is 2. The highest BCUT2D eigenvalue weighted by atomic mass is 35.5. The summed E-state index contributed by atoms with van der Waals surface area (Å²) in [4.78, 5) is 4.58. The number of nitrogen functional groups attached to an aromatic ring is 1. The number of hydrogen-bond acceptors (Lipinski definition) is 5. The molecule has 100 valence electrons. The van der Waals surface area contributed by atoms with Crippen LogP contribution in [0.1, 0.15) is 24.8 Å². The highest BCUT2D eigenvalue weighted by Crippen LogP contribution is 2.44. The molecule has 0 saturated carbocycles. The standard InChI is InChI=1S/C13H13ClN2O2S/c1-6(2)13-16-10(12(15)19-13)7-3-8(14)11-9(4-7)17-5-18-11/h3-4,6H,5,15H2,1-2H3. The van der Waals surface area contributed by atoms with E-state index in [-0.39, 0.29) is 6.79 Å². The van der Waals surface area contributed by atoms with Gasteiger partial charge in [-0.1, -0.05) is 25.4 Å². The van der Waals surface area contributed by atoms with Crippen molar-refractivity contribution in [1.82, 2.24) is 4.98 Å². The molecular weight excluding hydrogens is 284 g/mol. The molecule has 0 unspecified atom stereocenters. The van der Waals surface area contributed by atoms with Crippen molar-refractivity contribution < 1.29 is 9.47 Å². The Hall–Kier alpha value is -1.46. The maximum Gasteiger partial charge on any atom is 0.231 e. The molecule has 1 aliphatic heterocycles. The monoisotopic (exact) mass is 296 g/mol. The van der Waals surface area contributed by atoms with Gasteiger partial charge in [0.2, 0.25) is 6.79 Å². The third-order valence-electron chi connectivity index (χ3n) is 2.86. The topological polar surface area (TPSA) is 57.4 Å². The highest BCUT2D eigenvalue weighted by molar-refractivity contribution is 7.16. The maximum absolute atomic E-state index is 6.18. The third-order valence-corrected chi connectivity index (χ3v) is 4.33. The lowest BCUT2D eigenvalue weighted by atomic mass is 10.1. The molecule has 0 fully saturated rings. The molecule has 2 aromatic rings. The Morgan fingerprint density at radius 2 is 2.16 bits per heavy atom. The van der Waals surface area contributed by atoms with Gasteiger partial charge in [-0.2, -0.15) is 0 Å². The van der Waals surface area contributed by atoms with E-state index in [1.807, 2.05) is 12.1 Å². The summed E-state index contributed by atoms with van der Waals surface area (Å²) < 4.78 is 10.7. The van der Waals surface area contributed by atoms with Crippen LogP contribution in [0.3, 0.4) is 0 Å². The summed E-state index contributed by atoms with van der Waals surface area (Å²) in [5.41, 5.74) is 7.66. The number of halogens is 1. The van der Waals surface area contributed by atoms with E-state index in [1.54, 1.807) is 0 Å². The average molecular weight is 297 g/mol. The fraction of sp³-hybridized carbons (Fsp3) is 0.308. The third kappa shape index (κ3) is 2.13. The Kier molecular flexibility index (Phi) is 3.03. The molecular formula is C13H13ClN2O2S. The minimum atomic E-state index is 0.197. The summed E-state index contributed by atoms with van der Waals surface area (Å²) in [7, 11) is 0. The first kappa shape index (κ1) is 12.6. The molecule has 0 saturated heterocycles. The molecule has 3 rings (SSSR count). The van der Waals surface area contributed by atoms with E-state index >= 15 is 0 Å². The van der Waals surface area contributed by atoms with Crippen LogP contribution in [0.5, 0.6) is 11.5 Å². The molecule has 4 nitrogen and oxygen atoms in total. The van der Waals surface area contributed by atoms with Gasteiger partial charge in [0.05, 0.1) is 10.0 Å². The average Bonchev–Trinajstić information content (AvgIpc) is 2.95. The Balaban J connectivity index is 2.10. The van der Waals surface area contributed by atoms with Crippen molar-refractivity contribution in [1.29, 1.82) is 0 Å². The number of nitrogens with two attached hydrogens (primary N) is 1. The van der Waals surface area contributed by atoms with Crippen LogP contribution in [0.15, 0.2) is 12.1 Å². The van der Waals surface area contributed by atoms with Crippen LogP contribution in [0.2, 0.25) is 5.02 Å². The first-order valence-electron chi connectivity index (χ1n) is 5.92. The molecule has 1 aliphatic rings. The van der Waals surface area contributed by atoms with Crippen molar-refractivity contribution in [3.63, 3.8) is 0 Å². The summed E-state index contributed by atoms with van der Waals surface area (Å²) in [6, 6.07) is 3.67. The van der Waals surface area contributed by atoms with Gasteiger partial charge in [0.25, 0.3) is 0 Å². The van der Waals surface area contributed by atoms with Crippen LogP contribution in [-0.2, 0) is 0 Å². The second-order valence-corrected chi connectivity index (χ2v) is 6.08. The first-order valence-corrected chi connectivity index (χ1v) is 7.11. The molecule has 2 N–H and O–H groups in total. The van der Waals surface area contributed by atoms with Crippen molar-refractivity contribution in [2.24, 2.45) is 0 Å². The maximum atomic E-state index is 6.18. The van der Waals surface area contributed by atoms with Gasteiger partial charge in [-0.15, -0.1) is 11.3 Å². The fourth-order valence-electron chi connectivity index (χ4n) is 1.91. The van der Waals surface area contributed by atoms with Gasteiger partial charge in [-0.25, -0.2) is 4.98 Å². The summed E-state index contributed by atoms with van der Waals surface area (Å²) in [6.45, 7) is 4.38. The second-order valence-electron chi connectivity index (χ2n) is 4.61. The second kappa shape index (κ2) is 4.58. The zero-order valence-electron chi connectivity index (χ0n) is 10.6. The van der Waals surface area contributed by atoms with Gasteiger partial charge in [-0.05, 0) is 12.1 Å². The molecule has 0 spiro atoms. The minimum Gasteiger partial charge on any atom is -0.454 e. The Labute approximate surface area is 120 Å². The van der Waals surface area contributed by atoms with Crippen LogP contribution >= 0.6 is 22.9 Å². The smallest absolute Gasteiger partial charge is 0.231 e. The van der Waals surface area contributed by atoms with Crippen LogP contribution in [-0.4, -0.2) is 11.8 Å². The molecule has 19 heavy (non-hydrogen) atoms. The number of fused-ring (bicyclic) bond motifs is 1. The molecule has 1 aromatic heterocycles. The molecule has 0 bridgehead atoms. The quantitative estimate of drug-likeness (QED) is 0.913. The van der Waals surface area contributed by atoms with Crippen molar-refractivity contribution >= 4 is 27.9 Å². The number of benzene rings is 1. The summed E-state index contributed by atoms with van der Waals surface area (Å²) in [5, 5.41) is 2.23. The Bertz CT molecular complexity index is 640. The summed E-state index contributed by atoms with van der Waals surface area (Å²) in [6.07, 6.45) is 0. The number of hydrogen-bond donors (Lipinski definition) is 1. The van der Waals surface area contributed by atoms with Gasteiger partial charge in [0.1, 0.15) is 10.7 Å². The first-order chi connectivity index (χ1) is 9.06. The van der Waals surface area contributed by atoms with Crippen LogP contribution < -0.4 is 15.2 Å². The van der Waals surface area contributed by atoms with Gasteiger partial charge in [0, 0.05) is 11.5 Å². The van der Waals surface area contributed by atoms with Gasteiger partial charge >= 0.3 is 0 Å². The predicted molar refractivity (Wildman–Crippen MR) is 77.2 cm³/mol. The van der Waals surface area contributed by atoms with Gasteiger partial charge in [-0.3, -0.25) is 0 Å². The molecule has 0 amide bonds. The highest BCUT2D eigenvalue weighted by Gasteiger charge is 2.21. The molecule has 1 aromatic carbocycles. The SMILES string of the molecule is CC(C)c1nc(-c2cc(Cl)c3c(c2)OCO3)c(N)s1. The lowest BCUT2D eigenvalue weighted by molar-refractivity contribution is 0.174. The Morgan fingerprint density at radius 1 is 1.37 bits per heavy atom. The number of ether oxygens (including phenoxy) is 2. The zero-order chi connectivity index (χ0) is 13.6. The minimum absolute atomic E-state index is 0.197. The van der Waals surface area contributed by atoms with E-state index in [9.17, 15) is 0 Å². The van der Waals surface area contributed by atoms with Crippen molar-refractivity contribution in [2.45, 2.75) is 19.8 Å². The van der Waals surface area contributed by atoms with E-state index in [0.717, 1.165) is 16.3 Å². The van der Waals surface area contributed by atoms with E-state index in [1.165, 1.54) is 11.3 Å². The van der Waals surface area contributed by atoms with Crippen LogP contribution in [0, 0.1) is 0 Å². The number of thiazole rings is 1. The van der Waals surface area contributed by atoms with Crippen molar-refractivity contribution in [3.8, 4) is 22.8 Å². The largest absolute Gasteiger partial charge is 0.454 e. The molecule has 0 aliphatic carbocycles. The molecule has 0 radical (unpaired) electrons. The van der Waals surface area contributed by atoms with Crippen molar-refractivity contribution in [3.05, 3.63) is 22.2 Å². The van der Waals surface area contributed by atoms with E-state index in [0.29, 0.717) is 27.4 Å². The van der Waals surface area contributed by atoms with Crippen LogP contribution in [0.25, 0.3) is 11.3 Å². The number of nitrogens with zero attached hydrogens (tertiary/aromatic N) is 1. The summed E-state index contributed by atoms with van der Waals surface area (Å²) in [5.74, 6) is 1.58. The van der Waals surface area contributed by atoms with Crippen LogP contribution in [0.4, 0.5) is 5.00 Å². The molecule has 2 heterocycles. The van der Waals surface area contributed by atoms with Gasteiger partial charge in [0.15, 0.2) is 11.5 Å². The van der Waals surface area contributed by atoms with Crippen molar-refractivity contribution in [2.75, 3.05) is 12.5 Å².